The van der Waals surface area contributed by atoms with Crippen molar-refractivity contribution in [1.82, 2.24) is 10.2 Å². The van der Waals surface area contributed by atoms with Crippen LogP contribution >= 0.6 is 11.6 Å². The van der Waals surface area contributed by atoms with Crippen molar-refractivity contribution in [2.45, 2.75) is 39.8 Å². The molecule has 3 aromatic rings. The smallest absolute Gasteiger partial charge is 0.244 e. The van der Waals surface area contributed by atoms with E-state index in [1.165, 1.54) is 4.90 Å². The lowest BCUT2D eigenvalue weighted by Crippen LogP contribution is -2.53. The molecule has 0 bridgehead atoms. The Morgan fingerprint density at radius 2 is 1.58 bits per heavy atom. The van der Waals surface area contributed by atoms with Crippen LogP contribution in [-0.4, -0.2) is 50.5 Å². The van der Waals surface area contributed by atoms with Crippen LogP contribution < -0.4 is 9.62 Å². The van der Waals surface area contributed by atoms with E-state index in [4.69, 9.17) is 11.6 Å². The topological polar surface area (TPSA) is 86.8 Å². The Bertz CT molecular complexity index is 1360. The molecule has 0 fully saturated rings. The second-order valence-corrected chi connectivity index (χ2v) is 11.6. The number of amides is 2. The van der Waals surface area contributed by atoms with Gasteiger partial charge in [0, 0.05) is 24.5 Å². The Balaban J connectivity index is 2.06. The van der Waals surface area contributed by atoms with Crippen molar-refractivity contribution in [2.75, 3.05) is 23.7 Å². The molecule has 1 N–H and O–H groups in total. The highest BCUT2D eigenvalue weighted by atomic mass is 35.5. The van der Waals surface area contributed by atoms with Crippen LogP contribution in [0.15, 0.2) is 72.8 Å². The fourth-order valence-corrected chi connectivity index (χ4v) is 5.27. The van der Waals surface area contributed by atoms with Crippen LogP contribution in [0.3, 0.4) is 0 Å². The molecule has 0 unspecified atom stereocenters. The number of sulfonamides is 1. The quantitative estimate of drug-likeness (QED) is 0.377. The van der Waals surface area contributed by atoms with Crippen molar-refractivity contribution in [3.05, 3.63) is 100 Å². The van der Waals surface area contributed by atoms with E-state index in [0.717, 1.165) is 27.3 Å². The first-order chi connectivity index (χ1) is 18.0. The second kappa shape index (κ2) is 12.9. The van der Waals surface area contributed by atoms with Gasteiger partial charge < -0.3 is 10.2 Å². The van der Waals surface area contributed by atoms with Crippen molar-refractivity contribution in [1.29, 1.82) is 0 Å². The molecule has 0 aliphatic carbocycles. The predicted octanol–water partition coefficient (Wildman–Crippen LogP) is 4.50. The molecule has 0 aliphatic heterocycles. The summed E-state index contributed by atoms with van der Waals surface area (Å²) in [5.74, 6) is -0.802. The van der Waals surface area contributed by atoms with Gasteiger partial charge in [-0.25, -0.2) is 8.42 Å². The van der Waals surface area contributed by atoms with Crippen molar-refractivity contribution >= 4 is 39.1 Å². The largest absolute Gasteiger partial charge is 0.355 e. The first-order valence-electron chi connectivity index (χ1n) is 12.4. The monoisotopic (exact) mass is 555 g/mol. The number of benzene rings is 3. The first-order valence-corrected chi connectivity index (χ1v) is 14.6. The number of hydrogen-bond acceptors (Lipinski definition) is 4. The third kappa shape index (κ3) is 7.58. The Labute approximate surface area is 230 Å². The number of halogens is 1. The summed E-state index contributed by atoms with van der Waals surface area (Å²) < 4.78 is 26.8. The zero-order valence-corrected chi connectivity index (χ0v) is 23.7. The molecular formula is C29H34ClN3O4S. The summed E-state index contributed by atoms with van der Waals surface area (Å²) in [6, 6.07) is 21.2. The van der Waals surface area contributed by atoms with Crippen LogP contribution in [0.1, 0.15) is 29.2 Å². The van der Waals surface area contributed by atoms with Gasteiger partial charge in [0.2, 0.25) is 21.8 Å². The normalized spacial score (nSPS) is 12.0. The molecule has 0 radical (unpaired) electrons. The standard InChI is InChI=1S/C29H34ClN3O4S/c1-5-31-29(35)27(18-23-10-7-6-8-11-23)32(19-24-16-14-21(2)15-17-24)28(34)20-33(38(4,36)37)26-13-9-12-25(30)22(26)3/h6-17,27H,5,18-20H2,1-4H3,(H,31,35)/t27-/m0/s1. The second-order valence-electron chi connectivity index (χ2n) is 9.26. The van der Waals surface area contributed by atoms with E-state index in [1.807, 2.05) is 68.4 Å². The number of carbonyl (C=O) groups is 2. The maximum absolute atomic E-state index is 14.0. The summed E-state index contributed by atoms with van der Waals surface area (Å²) in [6.45, 7) is 5.55. The fourth-order valence-electron chi connectivity index (χ4n) is 4.20. The van der Waals surface area contributed by atoms with Gasteiger partial charge in [0.1, 0.15) is 12.6 Å². The van der Waals surface area contributed by atoms with E-state index in [0.29, 0.717) is 22.8 Å². The molecule has 0 saturated carbocycles. The number of anilines is 1. The molecule has 0 spiro atoms. The van der Waals surface area contributed by atoms with E-state index in [-0.39, 0.29) is 18.9 Å². The maximum atomic E-state index is 14.0. The van der Waals surface area contributed by atoms with Gasteiger partial charge in [-0.05, 0) is 49.6 Å². The number of likely N-dealkylation sites (N-methyl/N-ethyl adjacent to an activating group) is 1. The maximum Gasteiger partial charge on any atom is 0.244 e. The Morgan fingerprint density at radius 3 is 2.18 bits per heavy atom. The molecule has 0 aromatic heterocycles. The fraction of sp³-hybridized carbons (Fsp3) is 0.310. The average Bonchev–Trinajstić information content (AvgIpc) is 2.87. The van der Waals surface area contributed by atoms with Crippen molar-refractivity contribution in [3.8, 4) is 0 Å². The summed E-state index contributed by atoms with van der Waals surface area (Å²) in [5, 5.41) is 3.24. The lowest BCUT2D eigenvalue weighted by Gasteiger charge is -2.33. The molecule has 7 nitrogen and oxygen atoms in total. The molecule has 2 amide bonds. The molecule has 0 saturated heterocycles. The van der Waals surface area contributed by atoms with Gasteiger partial charge in [-0.15, -0.1) is 0 Å². The molecule has 38 heavy (non-hydrogen) atoms. The molecular weight excluding hydrogens is 522 g/mol. The van der Waals surface area contributed by atoms with E-state index >= 15 is 0 Å². The van der Waals surface area contributed by atoms with Crippen LogP contribution in [0.5, 0.6) is 0 Å². The summed E-state index contributed by atoms with van der Waals surface area (Å²) in [5.41, 5.74) is 3.64. The third-order valence-electron chi connectivity index (χ3n) is 6.28. The highest BCUT2D eigenvalue weighted by Crippen LogP contribution is 2.28. The van der Waals surface area contributed by atoms with Crippen molar-refractivity contribution in [2.24, 2.45) is 0 Å². The Morgan fingerprint density at radius 1 is 0.921 bits per heavy atom. The van der Waals surface area contributed by atoms with Crippen LogP contribution in [0, 0.1) is 13.8 Å². The minimum Gasteiger partial charge on any atom is -0.355 e. The molecule has 0 aliphatic rings. The molecule has 3 rings (SSSR count). The van der Waals surface area contributed by atoms with Crippen LogP contribution in [-0.2, 0) is 32.6 Å². The van der Waals surface area contributed by atoms with Crippen molar-refractivity contribution in [3.63, 3.8) is 0 Å². The lowest BCUT2D eigenvalue weighted by atomic mass is 10.0. The average molecular weight is 556 g/mol. The van der Waals surface area contributed by atoms with E-state index < -0.39 is 28.5 Å². The van der Waals surface area contributed by atoms with Crippen LogP contribution in [0.2, 0.25) is 5.02 Å². The Kier molecular flexibility index (Phi) is 9.94. The van der Waals surface area contributed by atoms with Gasteiger partial charge in [-0.2, -0.15) is 0 Å². The highest BCUT2D eigenvalue weighted by molar-refractivity contribution is 7.92. The lowest BCUT2D eigenvalue weighted by molar-refractivity contribution is -0.140. The van der Waals surface area contributed by atoms with Gasteiger partial charge >= 0.3 is 0 Å². The number of aryl methyl sites for hydroxylation is 1. The summed E-state index contributed by atoms with van der Waals surface area (Å²) >= 11 is 6.27. The molecule has 0 heterocycles. The first kappa shape index (κ1) is 29.2. The van der Waals surface area contributed by atoms with E-state index in [2.05, 4.69) is 5.32 Å². The SMILES string of the molecule is CCNC(=O)[C@H](Cc1ccccc1)N(Cc1ccc(C)cc1)C(=O)CN(c1cccc(Cl)c1C)S(C)(=O)=O. The van der Waals surface area contributed by atoms with Crippen LogP contribution in [0.4, 0.5) is 5.69 Å². The zero-order chi connectivity index (χ0) is 27.9. The number of nitrogens with zero attached hydrogens (tertiary/aromatic N) is 2. The van der Waals surface area contributed by atoms with Gasteiger partial charge in [0.05, 0.1) is 11.9 Å². The molecule has 9 heteroatoms. The predicted molar refractivity (Wildman–Crippen MR) is 153 cm³/mol. The van der Waals surface area contributed by atoms with Crippen molar-refractivity contribution < 1.29 is 18.0 Å². The molecule has 1 atom stereocenters. The zero-order valence-electron chi connectivity index (χ0n) is 22.1. The molecule has 3 aromatic carbocycles. The van der Waals surface area contributed by atoms with Gasteiger partial charge in [0.15, 0.2) is 0 Å². The van der Waals surface area contributed by atoms with Gasteiger partial charge in [0.25, 0.3) is 0 Å². The van der Waals surface area contributed by atoms with Crippen LogP contribution in [0.25, 0.3) is 0 Å². The van der Waals surface area contributed by atoms with Gasteiger partial charge in [-0.1, -0.05) is 77.8 Å². The van der Waals surface area contributed by atoms with E-state index in [1.54, 1.807) is 25.1 Å². The minimum absolute atomic E-state index is 0.139. The summed E-state index contributed by atoms with van der Waals surface area (Å²) in [4.78, 5) is 28.8. The minimum atomic E-state index is -3.85. The number of nitrogens with one attached hydrogen (secondary N) is 1. The number of hydrogen-bond donors (Lipinski definition) is 1. The summed E-state index contributed by atoms with van der Waals surface area (Å²) in [7, 11) is -3.85. The highest BCUT2D eigenvalue weighted by Gasteiger charge is 2.33. The molecule has 202 valence electrons. The number of carbonyl (C=O) groups excluding carboxylic acids is 2. The Hall–Kier alpha value is -3.36. The summed E-state index contributed by atoms with van der Waals surface area (Å²) in [6.07, 6.45) is 1.33. The van der Waals surface area contributed by atoms with E-state index in [9.17, 15) is 18.0 Å². The third-order valence-corrected chi connectivity index (χ3v) is 7.82. The number of rotatable bonds is 11. The van der Waals surface area contributed by atoms with Gasteiger partial charge in [-0.3, -0.25) is 13.9 Å².